The summed E-state index contributed by atoms with van der Waals surface area (Å²) in [5.41, 5.74) is 0.811. The molecule has 1 rings (SSSR count). The van der Waals surface area contributed by atoms with E-state index in [4.69, 9.17) is 21.4 Å². The monoisotopic (exact) mass is 285 g/mol. The molecule has 0 radical (unpaired) electrons. The van der Waals surface area contributed by atoms with Crippen molar-refractivity contribution in [2.45, 2.75) is 26.3 Å². The maximum Gasteiger partial charge on any atom is 0.326 e. The molecule has 0 fully saturated rings. The molecule has 0 aliphatic rings. The maximum atomic E-state index is 11.5. The van der Waals surface area contributed by atoms with Crippen molar-refractivity contribution in [1.29, 1.82) is 0 Å². The summed E-state index contributed by atoms with van der Waals surface area (Å²) < 4.78 is 5.32. The van der Waals surface area contributed by atoms with Gasteiger partial charge in [0.15, 0.2) is 6.61 Å². The van der Waals surface area contributed by atoms with Crippen molar-refractivity contribution in [3.8, 4) is 5.75 Å². The highest BCUT2D eigenvalue weighted by Gasteiger charge is 2.17. The molecule has 0 aliphatic heterocycles. The topological polar surface area (TPSA) is 75.6 Å². The molecule has 1 atom stereocenters. The average Bonchev–Trinajstić information content (AvgIpc) is 2.34. The summed E-state index contributed by atoms with van der Waals surface area (Å²) >= 11 is 5.80. The largest absolute Gasteiger partial charge is 0.484 e. The van der Waals surface area contributed by atoms with Gasteiger partial charge in [0.25, 0.3) is 5.91 Å². The second kappa shape index (κ2) is 6.99. The quantitative estimate of drug-likeness (QED) is 0.838. The van der Waals surface area contributed by atoms with Crippen molar-refractivity contribution in [2.24, 2.45) is 0 Å². The van der Waals surface area contributed by atoms with E-state index < -0.39 is 17.9 Å². The molecule has 1 amide bonds. The number of carboxylic acids is 1. The number of carbonyl (C=O) groups excluding carboxylic acids is 1. The molecule has 0 saturated heterocycles. The van der Waals surface area contributed by atoms with Crippen LogP contribution in [0.5, 0.6) is 5.75 Å². The molecular formula is C13H16ClNO4. The number of halogens is 1. The Morgan fingerprint density at radius 2 is 2.16 bits per heavy atom. The Morgan fingerprint density at radius 3 is 2.68 bits per heavy atom. The van der Waals surface area contributed by atoms with Crippen LogP contribution in [-0.4, -0.2) is 29.6 Å². The smallest absolute Gasteiger partial charge is 0.326 e. The van der Waals surface area contributed by atoms with Crippen LogP contribution in [0.25, 0.3) is 0 Å². The summed E-state index contributed by atoms with van der Waals surface area (Å²) in [4.78, 5) is 22.3. The van der Waals surface area contributed by atoms with Crippen LogP contribution in [0.15, 0.2) is 18.2 Å². The summed E-state index contributed by atoms with van der Waals surface area (Å²) in [5.74, 6) is -0.981. The van der Waals surface area contributed by atoms with Gasteiger partial charge in [-0.25, -0.2) is 4.79 Å². The van der Waals surface area contributed by atoms with Crippen LogP contribution >= 0.6 is 11.6 Å². The molecule has 5 nitrogen and oxygen atoms in total. The van der Waals surface area contributed by atoms with E-state index in [2.05, 4.69) is 5.32 Å². The van der Waals surface area contributed by atoms with Crippen molar-refractivity contribution in [2.75, 3.05) is 6.61 Å². The second-order valence-electron chi connectivity index (χ2n) is 4.07. The van der Waals surface area contributed by atoms with E-state index in [0.717, 1.165) is 5.56 Å². The first-order chi connectivity index (χ1) is 8.93. The summed E-state index contributed by atoms with van der Waals surface area (Å²) in [6.45, 7) is 3.26. The third-order valence-electron chi connectivity index (χ3n) is 2.54. The molecule has 0 saturated carbocycles. The number of aryl methyl sites for hydroxylation is 1. The number of hydrogen-bond acceptors (Lipinski definition) is 3. The lowest BCUT2D eigenvalue weighted by Crippen LogP contribution is -2.42. The number of carbonyl (C=O) groups is 2. The van der Waals surface area contributed by atoms with Crippen molar-refractivity contribution in [1.82, 2.24) is 5.32 Å². The minimum Gasteiger partial charge on any atom is -0.484 e. The van der Waals surface area contributed by atoms with Gasteiger partial charge in [-0.1, -0.05) is 18.5 Å². The minimum atomic E-state index is -1.06. The fourth-order valence-electron chi connectivity index (χ4n) is 1.49. The molecule has 0 aliphatic carbocycles. The number of aliphatic carboxylic acids is 1. The predicted molar refractivity (Wildman–Crippen MR) is 71.5 cm³/mol. The van der Waals surface area contributed by atoms with E-state index in [1.165, 1.54) is 0 Å². The van der Waals surface area contributed by atoms with Crippen molar-refractivity contribution >= 4 is 23.5 Å². The molecule has 0 bridgehead atoms. The molecule has 0 aromatic heterocycles. The number of rotatable bonds is 6. The van der Waals surface area contributed by atoms with Crippen LogP contribution in [0.1, 0.15) is 18.9 Å². The number of benzene rings is 1. The van der Waals surface area contributed by atoms with Gasteiger partial charge < -0.3 is 15.2 Å². The zero-order valence-corrected chi connectivity index (χ0v) is 11.5. The van der Waals surface area contributed by atoms with Crippen LogP contribution in [0.2, 0.25) is 5.02 Å². The highest BCUT2D eigenvalue weighted by Crippen LogP contribution is 2.21. The number of nitrogens with one attached hydrogen (secondary N) is 1. The summed E-state index contributed by atoms with van der Waals surface area (Å²) in [5, 5.41) is 11.8. The normalized spacial score (nSPS) is 11.7. The van der Waals surface area contributed by atoms with Crippen LogP contribution in [0.3, 0.4) is 0 Å². The first-order valence-electron chi connectivity index (χ1n) is 5.85. The van der Waals surface area contributed by atoms with Crippen LogP contribution in [0, 0.1) is 6.92 Å². The molecule has 0 heterocycles. The Hall–Kier alpha value is -1.75. The lowest BCUT2D eigenvalue weighted by atomic mass is 10.2. The van der Waals surface area contributed by atoms with Gasteiger partial charge >= 0.3 is 5.97 Å². The Morgan fingerprint density at radius 1 is 1.47 bits per heavy atom. The Labute approximate surface area is 116 Å². The first-order valence-corrected chi connectivity index (χ1v) is 6.23. The standard InChI is InChI=1S/C13H16ClNO4/c1-3-10(13(17)18)15-12(16)7-19-11-5-4-9(14)6-8(11)2/h4-6,10H,3,7H2,1-2H3,(H,15,16)(H,17,18). The maximum absolute atomic E-state index is 11.5. The van der Waals surface area contributed by atoms with Crippen LogP contribution in [-0.2, 0) is 9.59 Å². The van der Waals surface area contributed by atoms with Gasteiger partial charge in [-0.2, -0.15) is 0 Å². The zero-order valence-electron chi connectivity index (χ0n) is 10.8. The Bertz CT molecular complexity index is 476. The number of carboxylic acid groups (broad SMARTS) is 1. The molecule has 0 spiro atoms. The molecular weight excluding hydrogens is 270 g/mol. The third-order valence-corrected chi connectivity index (χ3v) is 2.77. The number of amides is 1. The van der Waals surface area contributed by atoms with Crippen molar-refractivity contribution < 1.29 is 19.4 Å². The van der Waals surface area contributed by atoms with Crippen LogP contribution in [0.4, 0.5) is 0 Å². The molecule has 1 aromatic rings. The molecule has 104 valence electrons. The van der Waals surface area contributed by atoms with Crippen molar-refractivity contribution in [3.05, 3.63) is 28.8 Å². The minimum absolute atomic E-state index is 0.230. The first kappa shape index (κ1) is 15.3. The van der Waals surface area contributed by atoms with Gasteiger partial charge in [-0.3, -0.25) is 4.79 Å². The lowest BCUT2D eigenvalue weighted by molar-refractivity contribution is -0.142. The van der Waals surface area contributed by atoms with Crippen molar-refractivity contribution in [3.63, 3.8) is 0 Å². The van der Waals surface area contributed by atoms with E-state index in [0.29, 0.717) is 17.2 Å². The SMILES string of the molecule is CCC(NC(=O)COc1ccc(Cl)cc1C)C(=O)O. The summed E-state index contributed by atoms with van der Waals surface area (Å²) in [6, 6.07) is 4.16. The Balaban J connectivity index is 2.52. The molecule has 2 N–H and O–H groups in total. The fraction of sp³-hybridized carbons (Fsp3) is 0.385. The summed E-state index contributed by atoms with van der Waals surface area (Å²) in [7, 11) is 0. The van der Waals surface area contributed by atoms with E-state index in [-0.39, 0.29) is 6.61 Å². The molecule has 19 heavy (non-hydrogen) atoms. The zero-order chi connectivity index (χ0) is 14.4. The average molecular weight is 286 g/mol. The Kier molecular flexibility index (Phi) is 5.63. The van der Waals surface area contributed by atoms with Crippen LogP contribution < -0.4 is 10.1 Å². The molecule has 6 heteroatoms. The highest BCUT2D eigenvalue weighted by atomic mass is 35.5. The number of ether oxygens (including phenoxy) is 1. The molecule has 1 aromatic carbocycles. The number of hydrogen-bond donors (Lipinski definition) is 2. The van der Waals surface area contributed by atoms with Gasteiger partial charge in [-0.15, -0.1) is 0 Å². The van der Waals surface area contributed by atoms with E-state index in [9.17, 15) is 9.59 Å². The van der Waals surface area contributed by atoms with Gasteiger partial charge in [0.05, 0.1) is 0 Å². The van der Waals surface area contributed by atoms with Gasteiger partial charge in [0.1, 0.15) is 11.8 Å². The van der Waals surface area contributed by atoms with Gasteiger partial charge in [0, 0.05) is 5.02 Å². The predicted octanol–water partition coefficient (Wildman–Crippen LogP) is 2.01. The fourth-order valence-corrected chi connectivity index (χ4v) is 1.72. The van der Waals surface area contributed by atoms with E-state index in [1.807, 2.05) is 6.92 Å². The molecule has 1 unspecified atom stereocenters. The van der Waals surface area contributed by atoms with Gasteiger partial charge in [-0.05, 0) is 37.1 Å². The van der Waals surface area contributed by atoms with E-state index >= 15 is 0 Å². The van der Waals surface area contributed by atoms with Gasteiger partial charge in [0.2, 0.25) is 0 Å². The lowest BCUT2D eigenvalue weighted by Gasteiger charge is -2.13. The second-order valence-corrected chi connectivity index (χ2v) is 4.50. The third kappa shape index (κ3) is 4.79. The summed E-state index contributed by atoms with van der Waals surface area (Å²) in [6.07, 6.45) is 0.320. The highest BCUT2D eigenvalue weighted by molar-refractivity contribution is 6.30. The van der Waals surface area contributed by atoms with E-state index in [1.54, 1.807) is 25.1 Å².